The largest absolute Gasteiger partial charge is 0.357 e. The minimum atomic E-state index is -0.417. The average Bonchev–Trinajstić information content (AvgIpc) is 3.46. The number of aromatic amines is 1. The molecule has 0 unspecified atom stereocenters. The lowest BCUT2D eigenvalue weighted by molar-refractivity contribution is 0.652. The number of nitrogens with zero attached hydrogens (tertiary/aromatic N) is 7. The molecule has 12 heteroatoms. The highest BCUT2D eigenvalue weighted by molar-refractivity contribution is 6.39. The molecule has 0 bridgehead atoms. The molecule has 31 heavy (non-hydrogen) atoms. The Bertz CT molecular complexity index is 1460. The number of imidazole rings is 1. The summed E-state index contributed by atoms with van der Waals surface area (Å²) < 4.78 is 3.03. The lowest BCUT2D eigenvalue weighted by atomic mass is 10.1. The van der Waals surface area contributed by atoms with Gasteiger partial charge in [0.05, 0.1) is 27.0 Å². The summed E-state index contributed by atoms with van der Waals surface area (Å²) in [5, 5.41) is 15.2. The summed E-state index contributed by atoms with van der Waals surface area (Å²) in [7, 11) is 0. The van der Waals surface area contributed by atoms with Crippen molar-refractivity contribution in [3.63, 3.8) is 0 Å². The molecule has 4 heterocycles. The maximum absolute atomic E-state index is 13.5. The third-order valence-electron chi connectivity index (χ3n) is 4.89. The predicted octanol–water partition coefficient (Wildman–Crippen LogP) is 3.42. The minimum absolute atomic E-state index is 0.230. The van der Waals surface area contributed by atoms with Crippen LogP contribution in [-0.2, 0) is 0 Å². The van der Waals surface area contributed by atoms with Crippen molar-refractivity contribution in [3.8, 4) is 5.82 Å². The molecular weight excluding hydrogens is 441 g/mol. The number of rotatable bonds is 5. The molecule has 4 aromatic heterocycles. The highest BCUT2D eigenvalue weighted by Gasteiger charge is 2.24. The van der Waals surface area contributed by atoms with Gasteiger partial charge in [0.25, 0.3) is 5.56 Å². The number of benzene rings is 1. The van der Waals surface area contributed by atoms with Crippen LogP contribution in [0.4, 0.5) is 5.82 Å². The van der Waals surface area contributed by atoms with Gasteiger partial charge in [0.1, 0.15) is 12.2 Å². The summed E-state index contributed by atoms with van der Waals surface area (Å²) in [5.41, 5.74) is 0.514. The molecule has 156 valence electrons. The molecule has 0 saturated heterocycles. The number of anilines is 1. The second-order valence-electron chi connectivity index (χ2n) is 6.71. The number of H-pyrrole nitrogens is 1. The van der Waals surface area contributed by atoms with E-state index >= 15 is 0 Å². The molecule has 0 aliphatic heterocycles. The maximum Gasteiger partial charge on any atom is 0.268 e. The quantitative estimate of drug-likeness (QED) is 0.416. The van der Waals surface area contributed by atoms with Gasteiger partial charge in [0.15, 0.2) is 17.3 Å². The van der Waals surface area contributed by atoms with E-state index in [1.54, 1.807) is 41.3 Å². The van der Waals surface area contributed by atoms with Gasteiger partial charge >= 0.3 is 0 Å². The lowest BCUT2D eigenvalue weighted by Gasteiger charge is -2.21. The summed E-state index contributed by atoms with van der Waals surface area (Å²) in [6.45, 7) is 1.96. The van der Waals surface area contributed by atoms with Gasteiger partial charge in [-0.1, -0.05) is 30.1 Å². The molecule has 0 amide bonds. The van der Waals surface area contributed by atoms with E-state index < -0.39 is 6.04 Å². The normalized spacial score (nSPS) is 12.5. The second kappa shape index (κ2) is 7.64. The zero-order valence-corrected chi connectivity index (χ0v) is 17.6. The molecule has 2 N–H and O–H groups in total. The van der Waals surface area contributed by atoms with Crippen LogP contribution in [0.25, 0.3) is 22.4 Å². The fourth-order valence-electron chi connectivity index (χ4n) is 3.44. The van der Waals surface area contributed by atoms with Crippen molar-refractivity contribution in [1.29, 1.82) is 0 Å². The zero-order valence-electron chi connectivity index (χ0n) is 16.1. The molecule has 0 aliphatic rings. The third-order valence-corrected chi connectivity index (χ3v) is 5.51. The Kier molecular flexibility index (Phi) is 4.79. The van der Waals surface area contributed by atoms with E-state index in [0.717, 1.165) is 0 Å². The second-order valence-corrected chi connectivity index (χ2v) is 7.52. The summed E-state index contributed by atoms with van der Waals surface area (Å²) in [6, 6.07) is 4.46. The molecule has 0 saturated carbocycles. The smallest absolute Gasteiger partial charge is 0.268 e. The Labute approximate surface area is 184 Å². The first-order chi connectivity index (χ1) is 15.1. The zero-order chi connectivity index (χ0) is 21.5. The van der Waals surface area contributed by atoms with E-state index in [9.17, 15) is 4.79 Å². The molecule has 1 atom stereocenters. The van der Waals surface area contributed by atoms with Crippen LogP contribution in [0.5, 0.6) is 0 Å². The van der Waals surface area contributed by atoms with Gasteiger partial charge in [-0.3, -0.25) is 9.89 Å². The molecule has 0 aliphatic carbocycles. The highest BCUT2D eigenvalue weighted by Crippen LogP contribution is 2.30. The van der Waals surface area contributed by atoms with Crippen LogP contribution >= 0.6 is 23.2 Å². The number of nitrogens with one attached hydrogen (secondary N) is 2. The SMILES string of the molecule is CC[C@H](Nc1ncnn2ccnc12)c1nc2c(Cl)ccc(Cl)c2c(=O)n1-c1cc[nH]n1. The molecule has 5 aromatic rings. The van der Waals surface area contributed by atoms with Gasteiger partial charge in [-0.05, 0) is 18.6 Å². The van der Waals surface area contributed by atoms with E-state index in [1.165, 1.54) is 10.9 Å². The number of hydrogen-bond donors (Lipinski definition) is 2. The van der Waals surface area contributed by atoms with Crippen molar-refractivity contribution < 1.29 is 0 Å². The first-order valence-electron chi connectivity index (χ1n) is 9.40. The van der Waals surface area contributed by atoms with Gasteiger partial charge in [0.2, 0.25) is 0 Å². The van der Waals surface area contributed by atoms with Crippen LogP contribution in [0.3, 0.4) is 0 Å². The highest BCUT2D eigenvalue weighted by atomic mass is 35.5. The van der Waals surface area contributed by atoms with Crippen LogP contribution in [0.15, 0.2) is 47.9 Å². The van der Waals surface area contributed by atoms with E-state index in [-0.39, 0.29) is 16.0 Å². The van der Waals surface area contributed by atoms with Crippen LogP contribution < -0.4 is 10.9 Å². The summed E-state index contributed by atoms with van der Waals surface area (Å²) >= 11 is 12.7. The molecular formula is C19H15Cl2N9O. The van der Waals surface area contributed by atoms with Crippen LogP contribution in [0, 0.1) is 0 Å². The molecule has 0 spiro atoms. The van der Waals surface area contributed by atoms with E-state index in [1.807, 2.05) is 6.92 Å². The molecule has 5 rings (SSSR count). The topological polar surface area (TPSA) is 119 Å². The molecule has 1 aromatic carbocycles. The Balaban J connectivity index is 1.76. The van der Waals surface area contributed by atoms with Crippen molar-refractivity contribution in [2.45, 2.75) is 19.4 Å². The van der Waals surface area contributed by atoms with Crippen molar-refractivity contribution in [1.82, 2.24) is 39.3 Å². The first kappa shape index (κ1) is 19.5. The van der Waals surface area contributed by atoms with Gasteiger partial charge in [0, 0.05) is 24.7 Å². The average molecular weight is 456 g/mol. The van der Waals surface area contributed by atoms with Crippen LogP contribution in [0.2, 0.25) is 10.0 Å². The van der Waals surface area contributed by atoms with E-state index in [0.29, 0.717) is 40.1 Å². The van der Waals surface area contributed by atoms with Gasteiger partial charge in [-0.25, -0.2) is 24.0 Å². The Morgan fingerprint density at radius 3 is 2.81 bits per heavy atom. The maximum atomic E-state index is 13.5. The first-order valence-corrected chi connectivity index (χ1v) is 10.2. The summed E-state index contributed by atoms with van der Waals surface area (Å²) in [4.78, 5) is 26.9. The van der Waals surface area contributed by atoms with Crippen molar-refractivity contribution in [3.05, 3.63) is 69.3 Å². The number of hydrogen-bond acceptors (Lipinski definition) is 7. The predicted molar refractivity (Wildman–Crippen MR) is 117 cm³/mol. The number of fused-ring (bicyclic) bond motifs is 2. The standard InChI is InChI=1S/C19H15Cl2N9O/c1-2-12(26-16-18-22-7-8-29(18)25-9-23-16)17-27-15-11(21)4-3-10(20)14(15)19(31)30(17)13-5-6-24-28-13/h3-9,12H,2H2,1H3,(H,24,28)(H,23,25,26)/t12-/m0/s1. The van der Waals surface area contributed by atoms with E-state index in [4.69, 9.17) is 28.2 Å². The summed E-state index contributed by atoms with van der Waals surface area (Å²) in [6.07, 6.45) is 6.99. The number of halogens is 2. The van der Waals surface area contributed by atoms with Gasteiger partial charge in [-0.15, -0.1) is 0 Å². The van der Waals surface area contributed by atoms with Crippen LogP contribution in [0.1, 0.15) is 25.2 Å². The molecule has 0 fully saturated rings. The molecule has 10 nitrogen and oxygen atoms in total. The fraction of sp³-hybridized carbons (Fsp3) is 0.158. The van der Waals surface area contributed by atoms with E-state index in [2.05, 4.69) is 30.6 Å². The number of aromatic nitrogens is 8. The van der Waals surface area contributed by atoms with Crippen molar-refractivity contribution in [2.24, 2.45) is 0 Å². The third kappa shape index (κ3) is 3.20. The van der Waals surface area contributed by atoms with Crippen LogP contribution in [-0.4, -0.2) is 39.3 Å². The fourth-order valence-corrected chi connectivity index (χ4v) is 3.87. The summed E-state index contributed by atoms with van der Waals surface area (Å²) in [5.74, 6) is 1.31. The van der Waals surface area contributed by atoms with Crippen molar-refractivity contribution >= 4 is 45.6 Å². The Morgan fingerprint density at radius 1 is 1.19 bits per heavy atom. The monoisotopic (exact) mass is 455 g/mol. The van der Waals surface area contributed by atoms with Gasteiger partial charge < -0.3 is 5.32 Å². The Hall–Kier alpha value is -3.50. The van der Waals surface area contributed by atoms with Gasteiger partial charge in [-0.2, -0.15) is 10.2 Å². The Morgan fingerprint density at radius 2 is 2.03 bits per heavy atom. The van der Waals surface area contributed by atoms with Crippen molar-refractivity contribution in [2.75, 3.05) is 5.32 Å². The molecule has 0 radical (unpaired) electrons. The minimum Gasteiger partial charge on any atom is -0.357 e. The lowest BCUT2D eigenvalue weighted by Crippen LogP contribution is -2.29.